The molecule has 0 atom stereocenters. The predicted molar refractivity (Wildman–Crippen MR) is 86.2 cm³/mol. The highest BCUT2D eigenvalue weighted by atomic mass is 35.5. The van der Waals surface area contributed by atoms with E-state index in [1.54, 1.807) is 24.3 Å². The third kappa shape index (κ3) is 3.59. The highest BCUT2D eigenvalue weighted by molar-refractivity contribution is 6.30. The van der Waals surface area contributed by atoms with Gasteiger partial charge in [-0.1, -0.05) is 23.7 Å². The molecular formula is C16H11ClN2O4. The van der Waals surface area contributed by atoms with E-state index < -0.39 is 16.4 Å². The summed E-state index contributed by atoms with van der Waals surface area (Å²) in [6, 6.07) is 11.2. The van der Waals surface area contributed by atoms with Crippen molar-refractivity contribution < 1.29 is 14.8 Å². The Kier molecular flexibility index (Phi) is 4.84. The van der Waals surface area contributed by atoms with Crippen molar-refractivity contribution >= 4 is 28.9 Å². The normalized spacial score (nSPS) is 10.9. The summed E-state index contributed by atoms with van der Waals surface area (Å²) in [5.74, 6) is -0.599. The van der Waals surface area contributed by atoms with Gasteiger partial charge in [0, 0.05) is 11.1 Å². The smallest absolute Gasteiger partial charge is 0.315 e. The van der Waals surface area contributed by atoms with Crippen molar-refractivity contribution in [1.82, 2.24) is 0 Å². The second kappa shape index (κ2) is 6.81. The minimum absolute atomic E-state index is 0.0427. The molecule has 0 radical (unpaired) electrons. The molecule has 2 rings (SSSR count). The number of nitro benzene ring substituents is 1. The Morgan fingerprint density at radius 3 is 2.57 bits per heavy atom. The van der Waals surface area contributed by atoms with E-state index in [1.807, 2.05) is 6.07 Å². The highest BCUT2D eigenvalue weighted by Gasteiger charge is 2.19. The Morgan fingerprint density at radius 2 is 2.04 bits per heavy atom. The number of hydrogen-bond acceptors (Lipinski definition) is 5. The quantitative estimate of drug-likeness (QED) is 0.395. The van der Waals surface area contributed by atoms with Crippen molar-refractivity contribution in [2.75, 3.05) is 7.11 Å². The van der Waals surface area contributed by atoms with E-state index in [9.17, 15) is 20.5 Å². The Morgan fingerprint density at radius 1 is 1.39 bits per heavy atom. The van der Waals surface area contributed by atoms with Gasteiger partial charge in [0.15, 0.2) is 5.75 Å². The van der Waals surface area contributed by atoms with Gasteiger partial charge in [-0.25, -0.2) is 0 Å². The first-order valence-corrected chi connectivity index (χ1v) is 6.77. The zero-order valence-corrected chi connectivity index (χ0v) is 12.7. The van der Waals surface area contributed by atoms with Gasteiger partial charge < -0.3 is 9.84 Å². The van der Waals surface area contributed by atoms with E-state index in [0.29, 0.717) is 21.7 Å². The second-order valence-corrected chi connectivity index (χ2v) is 4.96. The van der Waals surface area contributed by atoms with Crippen LogP contribution in [0.25, 0.3) is 11.6 Å². The summed E-state index contributed by atoms with van der Waals surface area (Å²) in [5.41, 5.74) is 0.775. The number of rotatable bonds is 4. The first-order chi connectivity index (χ1) is 11.0. The largest absolute Gasteiger partial charge is 0.500 e. The average Bonchev–Trinajstić information content (AvgIpc) is 2.54. The minimum atomic E-state index is -0.719. The van der Waals surface area contributed by atoms with Crippen molar-refractivity contribution in [3.63, 3.8) is 0 Å². The number of hydrogen-bond donors (Lipinski definition) is 1. The van der Waals surface area contributed by atoms with Crippen molar-refractivity contribution in [2.45, 2.75) is 0 Å². The van der Waals surface area contributed by atoms with Crippen LogP contribution in [-0.4, -0.2) is 17.1 Å². The van der Waals surface area contributed by atoms with Gasteiger partial charge in [0.05, 0.1) is 23.7 Å². The Labute approximate surface area is 137 Å². The number of methoxy groups -OCH3 is 1. The molecule has 2 aromatic rings. The lowest BCUT2D eigenvalue weighted by Crippen LogP contribution is -1.93. The molecule has 0 spiro atoms. The fourth-order valence-electron chi connectivity index (χ4n) is 1.97. The molecule has 7 heteroatoms. The third-order valence-corrected chi connectivity index (χ3v) is 3.33. The van der Waals surface area contributed by atoms with Gasteiger partial charge in [0.1, 0.15) is 0 Å². The molecule has 0 amide bonds. The number of ether oxygens (including phenoxy) is 1. The van der Waals surface area contributed by atoms with Gasteiger partial charge >= 0.3 is 5.69 Å². The number of nitriles is 1. The van der Waals surface area contributed by atoms with E-state index in [4.69, 9.17) is 16.3 Å². The van der Waals surface area contributed by atoms with Gasteiger partial charge in [-0.2, -0.15) is 5.26 Å². The van der Waals surface area contributed by atoms with E-state index in [2.05, 4.69) is 0 Å². The predicted octanol–water partition coefficient (Wildman–Crippen LogP) is 4.03. The van der Waals surface area contributed by atoms with Gasteiger partial charge in [-0.3, -0.25) is 10.1 Å². The third-order valence-electron chi connectivity index (χ3n) is 3.08. The number of nitro groups is 1. The second-order valence-electron chi connectivity index (χ2n) is 4.52. The van der Waals surface area contributed by atoms with Crippen LogP contribution in [-0.2, 0) is 0 Å². The van der Waals surface area contributed by atoms with Gasteiger partial charge in [-0.15, -0.1) is 0 Å². The molecule has 0 aliphatic heterocycles. The van der Waals surface area contributed by atoms with Crippen LogP contribution in [0.4, 0.5) is 5.69 Å². The summed E-state index contributed by atoms with van der Waals surface area (Å²) < 4.78 is 4.93. The van der Waals surface area contributed by atoms with Crippen LogP contribution in [0.3, 0.4) is 0 Å². The maximum absolute atomic E-state index is 11.0. The molecule has 0 aliphatic carbocycles. The van der Waals surface area contributed by atoms with Crippen LogP contribution in [0.15, 0.2) is 36.4 Å². The number of nitrogens with zero attached hydrogens (tertiary/aromatic N) is 2. The molecule has 0 aromatic heterocycles. The molecule has 0 saturated heterocycles. The van der Waals surface area contributed by atoms with Gasteiger partial charge in [0.25, 0.3) is 0 Å². The maximum Gasteiger partial charge on any atom is 0.315 e. The van der Waals surface area contributed by atoms with Crippen molar-refractivity contribution in [3.05, 3.63) is 62.7 Å². The Bertz CT molecular complexity index is 823. The summed E-state index contributed by atoms with van der Waals surface area (Å²) in [4.78, 5) is 10.3. The number of aromatic hydroxyl groups is 1. The number of benzene rings is 2. The molecule has 1 N–H and O–H groups in total. The lowest BCUT2D eigenvalue weighted by Gasteiger charge is -2.06. The van der Waals surface area contributed by atoms with Gasteiger partial charge in [0.2, 0.25) is 5.75 Å². The lowest BCUT2D eigenvalue weighted by atomic mass is 10.0. The van der Waals surface area contributed by atoms with Crippen LogP contribution in [0.5, 0.6) is 11.5 Å². The SMILES string of the molecule is COc1cc(C=C(C#N)c2ccc(Cl)cc2)cc([N+](=O)[O-])c1O. The monoisotopic (exact) mass is 330 g/mol. The fourth-order valence-corrected chi connectivity index (χ4v) is 2.09. The molecular weight excluding hydrogens is 320 g/mol. The summed E-state index contributed by atoms with van der Waals surface area (Å²) in [5, 5.41) is 30.6. The van der Waals surface area contributed by atoms with Crippen molar-refractivity contribution in [3.8, 4) is 17.6 Å². The summed E-state index contributed by atoms with van der Waals surface area (Å²) in [6.07, 6.45) is 1.47. The summed E-state index contributed by atoms with van der Waals surface area (Å²) in [7, 11) is 1.29. The summed E-state index contributed by atoms with van der Waals surface area (Å²) in [6.45, 7) is 0. The average molecular weight is 331 g/mol. The van der Waals surface area contributed by atoms with Crippen molar-refractivity contribution in [2.24, 2.45) is 0 Å². The molecule has 23 heavy (non-hydrogen) atoms. The topological polar surface area (TPSA) is 96.4 Å². The fraction of sp³-hybridized carbons (Fsp3) is 0.0625. The molecule has 6 nitrogen and oxygen atoms in total. The standard InChI is InChI=1S/C16H11ClN2O4/c1-23-15-8-10(7-14(16(15)20)19(21)22)6-12(9-18)11-2-4-13(17)5-3-11/h2-8,20H,1H3. The molecule has 2 aromatic carbocycles. The highest BCUT2D eigenvalue weighted by Crippen LogP contribution is 2.37. The van der Waals surface area contributed by atoms with E-state index >= 15 is 0 Å². The molecule has 0 aliphatic rings. The van der Waals surface area contributed by atoms with Crippen LogP contribution >= 0.6 is 11.6 Å². The molecule has 0 fully saturated rings. The van der Waals surface area contributed by atoms with Crippen molar-refractivity contribution in [1.29, 1.82) is 5.26 Å². The number of phenols is 1. The van der Waals surface area contributed by atoms with Crippen LogP contribution in [0.2, 0.25) is 5.02 Å². The Hall–Kier alpha value is -3.04. The molecule has 0 saturated carbocycles. The first-order valence-electron chi connectivity index (χ1n) is 6.39. The Balaban J connectivity index is 2.56. The number of halogens is 1. The van der Waals surface area contributed by atoms with Crippen LogP contribution in [0, 0.1) is 21.4 Å². The lowest BCUT2D eigenvalue weighted by molar-refractivity contribution is -0.386. The summed E-state index contributed by atoms with van der Waals surface area (Å²) >= 11 is 5.81. The van der Waals surface area contributed by atoms with E-state index in [-0.39, 0.29) is 5.75 Å². The molecule has 116 valence electrons. The van der Waals surface area contributed by atoms with Gasteiger partial charge in [-0.05, 0) is 35.4 Å². The molecule has 0 heterocycles. The van der Waals surface area contributed by atoms with Crippen LogP contribution < -0.4 is 4.74 Å². The molecule has 0 unspecified atom stereocenters. The zero-order valence-electron chi connectivity index (χ0n) is 12.0. The number of phenolic OH excluding ortho intramolecular Hbond substituents is 1. The first kappa shape index (κ1) is 16.3. The van der Waals surface area contributed by atoms with Crippen LogP contribution in [0.1, 0.15) is 11.1 Å². The minimum Gasteiger partial charge on any atom is -0.500 e. The zero-order chi connectivity index (χ0) is 17.0. The maximum atomic E-state index is 11.0. The molecule has 0 bridgehead atoms. The van der Waals surface area contributed by atoms with E-state index in [0.717, 1.165) is 0 Å². The van der Waals surface area contributed by atoms with E-state index in [1.165, 1.54) is 25.3 Å². The number of allylic oxidation sites excluding steroid dienone is 1.